The van der Waals surface area contributed by atoms with Gasteiger partial charge < -0.3 is 9.47 Å². The van der Waals surface area contributed by atoms with Gasteiger partial charge in [0, 0.05) is 11.8 Å². The van der Waals surface area contributed by atoms with E-state index in [0.29, 0.717) is 28.3 Å². The first-order valence-corrected chi connectivity index (χ1v) is 7.96. The predicted octanol–water partition coefficient (Wildman–Crippen LogP) is 2.58. The molecule has 0 spiro atoms. The van der Waals surface area contributed by atoms with Crippen LogP contribution in [0.15, 0.2) is 22.1 Å². The maximum absolute atomic E-state index is 11.7. The molecule has 0 saturated heterocycles. The van der Waals surface area contributed by atoms with Crippen LogP contribution in [0.4, 0.5) is 0 Å². The van der Waals surface area contributed by atoms with Crippen LogP contribution in [0.25, 0.3) is 0 Å². The summed E-state index contributed by atoms with van der Waals surface area (Å²) >= 11 is 7.67. The summed E-state index contributed by atoms with van der Waals surface area (Å²) in [5.74, 6) is 1.92. The molecule has 0 bridgehead atoms. The quantitative estimate of drug-likeness (QED) is 0.875. The molecule has 4 rings (SSSR count). The Bertz CT molecular complexity index is 754. The van der Waals surface area contributed by atoms with Gasteiger partial charge in [-0.1, -0.05) is 23.4 Å². The molecule has 1 aliphatic carbocycles. The molecule has 1 aromatic heterocycles. The van der Waals surface area contributed by atoms with Gasteiger partial charge >= 0.3 is 5.69 Å². The molecule has 1 aliphatic heterocycles. The monoisotopic (exact) mass is 325 g/mol. The van der Waals surface area contributed by atoms with E-state index in [2.05, 4.69) is 10.2 Å². The van der Waals surface area contributed by atoms with Crippen LogP contribution in [0.5, 0.6) is 11.5 Å². The van der Waals surface area contributed by atoms with Gasteiger partial charge in [-0.3, -0.25) is 4.57 Å². The maximum Gasteiger partial charge on any atom is 0.344 e. The molecule has 1 aromatic carbocycles. The van der Waals surface area contributed by atoms with E-state index in [4.69, 9.17) is 21.1 Å². The summed E-state index contributed by atoms with van der Waals surface area (Å²) in [6.45, 7) is 0.201. The molecule has 8 heteroatoms. The molecular formula is C13H12ClN3O3S. The first-order valence-electron chi connectivity index (χ1n) is 6.60. The summed E-state index contributed by atoms with van der Waals surface area (Å²) in [5, 5.41) is 7.86. The van der Waals surface area contributed by atoms with E-state index in [1.54, 1.807) is 4.57 Å². The fraction of sp³-hybridized carbons (Fsp3) is 0.385. The highest BCUT2D eigenvalue weighted by Gasteiger charge is 2.28. The third kappa shape index (κ3) is 2.40. The maximum atomic E-state index is 11.7. The van der Waals surface area contributed by atoms with Crippen molar-refractivity contribution in [3.05, 3.63) is 33.2 Å². The lowest BCUT2D eigenvalue weighted by Crippen LogP contribution is -2.16. The van der Waals surface area contributed by atoms with E-state index in [-0.39, 0.29) is 12.5 Å². The molecule has 0 radical (unpaired) electrons. The Kier molecular flexibility index (Phi) is 3.11. The summed E-state index contributed by atoms with van der Waals surface area (Å²) in [7, 11) is 0. The molecule has 1 N–H and O–H groups in total. The molecule has 2 aliphatic rings. The number of hydrogen-bond acceptors (Lipinski definition) is 5. The molecule has 6 nitrogen and oxygen atoms in total. The number of halogens is 1. The highest BCUT2D eigenvalue weighted by Crippen LogP contribution is 2.41. The van der Waals surface area contributed by atoms with E-state index >= 15 is 0 Å². The lowest BCUT2D eigenvalue weighted by Gasteiger charge is -2.06. The zero-order chi connectivity index (χ0) is 14.4. The van der Waals surface area contributed by atoms with Crippen LogP contribution in [-0.4, -0.2) is 21.6 Å². The van der Waals surface area contributed by atoms with Gasteiger partial charge in [-0.05, 0) is 30.5 Å². The minimum absolute atomic E-state index is 0.135. The van der Waals surface area contributed by atoms with Crippen molar-refractivity contribution in [1.82, 2.24) is 14.8 Å². The van der Waals surface area contributed by atoms with Crippen LogP contribution >= 0.6 is 23.4 Å². The normalized spacial score (nSPS) is 16.4. The number of fused-ring (bicyclic) bond motifs is 1. The van der Waals surface area contributed by atoms with Crippen molar-refractivity contribution in [2.75, 3.05) is 6.79 Å². The minimum atomic E-state index is -0.135. The Balaban J connectivity index is 1.55. The van der Waals surface area contributed by atoms with Crippen LogP contribution in [0, 0.1) is 0 Å². The number of aromatic nitrogens is 3. The SMILES string of the molecule is O=c1[nH]nc(SCc2cc(Cl)c3c(c2)OCO3)n1C1CC1. The van der Waals surface area contributed by atoms with Gasteiger partial charge in [-0.2, -0.15) is 0 Å². The number of nitrogens with zero attached hydrogens (tertiary/aromatic N) is 2. The second kappa shape index (κ2) is 4.99. The van der Waals surface area contributed by atoms with Crippen molar-refractivity contribution in [2.45, 2.75) is 29.8 Å². The zero-order valence-electron chi connectivity index (χ0n) is 11.0. The van der Waals surface area contributed by atoms with Crippen molar-refractivity contribution in [3.63, 3.8) is 0 Å². The van der Waals surface area contributed by atoms with Crippen molar-refractivity contribution in [2.24, 2.45) is 0 Å². The summed E-state index contributed by atoms with van der Waals surface area (Å²) < 4.78 is 12.4. The van der Waals surface area contributed by atoms with Crippen LogP contribution in [-0.2, 0) is 5.75 Å². The third-order valence-electron chi connectivity index (χ3n) is 3.44. The van der Waals surface area contributed by atoms with Gasteiger partial charge in [-0.25, -0.2) is 9.89 Å². The number of hydrogen-bond donors (Lipinski definition) is 1. The Hall–Kier alpha value is -1.60. The van der Waals surface area contributed by atoms with Crippen LogP contribution in [0.2, 0.25) is 5.02 Å². The predicted molar refractivity (Wildman–Crippen MR) is 78.3 cm³/mol. The fourth-order valence-corrected chi connectivity index (χ4v) is 3.53. The highest BCUT2D eigenvalue weighted by atomic mass is 35.5. The van der Waals surface area contributed by atoms with E-state index in [1.807, 2.05) is 12.1 Å². The van der Waals surface area contributed by atoms with E-state index < -0.39 is 0 Å². The molecular weight excluding hydrogens is 314 g/mol. The van der Waals surface area contributed by atoms with Crippen molar-refractivity contribution in [3.8, 4) is 11.5 Å². The summed E-state index contributed by atoms with van der Waals surface area (Å²) in [5.41, 5.74) is 0.871. The average Bonchev–Trinajstić information content (AvgIpc) is 3.05. The Labute approximate surface area is 129 Å². The van der Waals surface area contributed by atoms with Gasteiger partial charge in [0.1, 0.15) is 0 Å². The second-order valence-corrected chi connectivity index (χ2v) is 6.36. The summed E-state index contributed by atoms with van der Waals surface area (Å²) in [6, 6.07) is 4.07. The number of benzene rings is 1. The van der Waals surface area contributed by atoms with Gasteiger partial charge in [0.15, 0.2) is 16.7 Å². The number of nitrogens with one attached hydrogen (secondary N) is 1. The van der Waals surface area contributed by atoms with E-state index in [0.717, 1.165) is 23.6 Å². The number of rotatable bonds is 4. The van der Waals surface area contributed by atoms with Crippen LogP contribution in [0.3, 0.4) is 0 Å². The number of thioether (sulfide) groups is 1. The standard InChI is InChI=1S/C13H12ClN3O3S/c14-9-3-7(4-10-11(9)20-6-19-10)5-21-13-16-15-12(18)17(13)8-1-2-8/h3-4,8H,1-2,5-6H2,(H,15,18). The van der Waals surface area contributed by atoms with Crippen LogP contribution in [0.1, 0.15) is 24.4 Å². The molecule has 0 amide bonds. The van der Waals surface area contributed by atoms with Gasteiger partial charge in [0.2, 0.25) is 6.79 Å². The molecule has 2 aromatic rings. The molecule has 0 atom stereocenters. The fourth-order valence-electron chi connectivity index (χ4n) is 2.30. The van der Waals surface area contributed by atoms with Crippen molar-refractivity contribution >= 4 is 23.4 Å². The molecule has 1 saturated carbocycles. The largest absolute Gasteiger partial charge is 0.454 e. The zero-order valence-corrected chi connectivity index (χ0v) is 12.5. The summed E-state index contributed by atoms with van der Waals surface area (Å²) in [4.78, 5) is 11.7. The topological polar surface area (TPSA) is 69.1 Å². The van der Waals surface area contributed by atoms with Gasteiger partial charge in [0.05, 0.1) is 5.02 Å². The number of ether oxygens (including phenoxy) is 2. The molecule has 110 valence electrons. The van der Waals surface area contributed by atoms with Crippen LogP contribution < -0.4 is 15.2 Å². The van der Waals surface area contributed by atoms with Crippen molar-refractivity contribution in [1.29, 1.82) is 0 Å². The Morgan fingerprint density at radius 1 is 1.43 bits per heavy atom. The molecule has 21 heavy (non-hydrogen) atoms. The Morgan fingerprint density at radius 2 is 2.29 bits per heavy atom. The lowest BCUT2D eigenvalue weighted by molar-refractivity contribution is 0.174. The third-order valence-corrected chi connectivity index (χ3v) is 4.74. The van der Waals surface area contributed by atoms with E-state index in [9.17, 15) is 4.79 Å². The average molecular weight is 326 g/mol. The first kappa shape index (κ1) is 13.1. The number of H-pyrrole nitrogens is 1. The van der Waals surface area contributed by atoms with Crippen molar-refractivity contribution < 1.29 is 9.47 Å². The summed E-state index contributed by atoms with van der Waals surface area (Å²) in [6.07, 6.45) is 2.09. The smallest absolute Gasteiger partial charge is 0.344 e. The second-order valence-electron chi connectivity index (χ2n) is 5.01. The van der Waals surface area contributed by atoms with Gasteiger partial charge in [0.25, 0.3) is 0 Å². The number of aromatic amines is 1. The first-order chi connectivity index (χ1) is 10.2. The van der Waals surface area contributed by atoms with Gasteiger partial charge in [-0.15, -0.1) is 5.10 Å². The lowest BCUT2D eigenvalue weighted by atomic mass is 10.2. The molecule has 2 heterocycles. The van der Waals surface area contributed by atoms with E-state index in [1.165, 1.54) is 11.8 Å². The minimum Gasteiger partial charge on any atom is -0.454 e. The molecule has 0 unspecified atom stereocenters. The molecule has 1 fully saturated rings. The highest BCUT2D eigenvalue weighted by molar-refractivity contribution is 7.98. The Morgan fingerprint density at radius 3 is 3.10 bits per heavy atom.